The van der Waals surface area contributed by atoms with Gasteiger partial charge in [-0.05, 0) is 12.3 Å². The van der Waals surface area contributed by atoms with Crippen molar-refractivity contribution in [3.63, 3.8) is 0 Å². The van der Waals surface area contributed by atoms with E-state index in [9.17, 15) is 10.0 Å². The summed E-state index contributed by atoms with van der Waals surface area (Å²) in [5.41, 5.74) is 0. The van der Waals surface area contributed by atoms with E-state index in [-0.39, 0.29) is 11.3 Å². The molecule has 1 atom stereocenters. The van der Waals surface area contributed by atoms with E-state index in [0.29, 0.717) is 12.3 Å². The van der Waals surface area contributed by atoms with Gasteiger partial charge < -0.3 is 10.3 Å². The summed E-state index contributed by atoms with van der Waals surface area (Å²) in [5, 5.41) is 27.1. The number of aliphatic carboxylic acids is 1. The van der Waals surface area contributed by atoms with E-state index in [0.717, 1.165) is 6.21 Å². The summed E-state index contributed by atoms with van der Waals surface area (Å²) in [6.07, 6.45) is 1.43. The highest BCUT2D eigenvalue weighted by atomic mass is 16.8. The molecule has 0 fully saturated rings. The van der Waals surface area contributed by atoms with Gasteiger partial charge in [-0.25, -0.2) is 0 Å². The van der Waals surface area contributed by atoms with Gasteiger partial charge in [0.25, 0.3) is 0 Å². The Kier molecular flexibility index (Phi) is 4.87. The lowest BCUT2D eigenvalue weighted by molar-refractivity contribution is -0.724. The minimum atomic E-state index is -0.969. The molecule has 0 bridgehead atoms. The Morgan fingerprint density at radius 3 is 2.46 bits per heavy atom. The topological polar surface area (TPSA) is 83.6 Å². The van der Waals surface area contributed by atoms with Crippen LogP contribution in [0.15, 0.2) is 0 Å². The fourth-order valence-corrected chi connectivity index (χ4v) is 1.21. The quantitative estimate of drug-likeness (QED) is 0.293. The third-order valence-electron chi connectivity index (χ3n) is 1.55. The molecule has 0 radical (unpaired) electrons. The van der Waals surface area contributed by atoms with Gasteiger partial charge in [0.15, 0.2) is 0 Å². The number of hydrogen-bond acceptors (Lipinski definition) is 3. The molecule has 0 aliphatic carbocycles. The second-order valence-corrected chi connectivity index (χ2v) is 3.44. The molecule has 0 aromatic carbocycles. The lowest BCUT2D eigenvalue weighted by Gasteiger charge is -2.09. The van der Waals surface area contributed by atoms with Gasteiger partial charge in [0, 0.05) is 4.90 Å². The van der Waals surface area contributed by atoms with E-state index in [2.05, 4.69) is 0 Å². The zero-order valence-electron chi connectivity index (χ0n) is 7.80. The molecule has 0 saturated carbocycles. The summed E-state index contributed by atoms with van der Waals surface area (Å²) in [6, 6.07) is 0. The van der Waals surface area contributed by atoms with Crippen LogP contribution in [0.2, 0.25) is 0 Å². The number of carboxylic acid groups (broad SMARTS) is 1. The third-order valence-corrected chi connectivity index (χ3v) is 1.55. The van der Waals surface area contributed by atoms with Crippen molar-refractivity contribution in [2.45, 2.75) is 26.7 Å². The Morgan fingerprint density at radius 1 is 1.62 bits per heavy atom. The largest absolute Gasteiger partial charge is 0.481 e. The summed E-state index contributed by atoms with van der Waals surface area (Å²) < 4.78 is 0. The van der Waals surface area contributed by atoms with Crippen LogP contribution < -0.4 is 0 Å². The summed E-state index contributed by atoms with van der Waals surface area (Å²) >= 11 is 0. The normalized spacial score (nSPS) is 14.5. The van der Waals surface area contributed by atoms with Gasteiger partial charge in [0.1, 0.15) is 0 Å². The van der Waals surface area contributed by atoms with E-state index < -0.39 is 11.9 Å². The predicted molar refractivity (Wildman–Crippen MR) is 46.7 cm³/mol. The maximum atomic E-state index is 10.4. The minimum Gasteiger partial charge on any atom is -0.481 e. The SMILES string of the molecule is CC(C)C[C@H](C=[N+]([O-])O)CC(=O)O. The Balaban J connectivity index is 4.19. The van der Waals surface area contributed by atoms with Crippen LogP contribution in [0.1, 0.15) is 26.7 Å². The summed E-state index contributed by atoms with van der Waals surface area (Å²) in [5.74, 6) is -1.08. The van der Waals surface area contributed by atoms with Crippen LogP contribution >= 0.6 is 0 Å². The molecule has 0 aliphatic heterocycles. The molecule has 0 aromatic rings. The lowest BCUT2D eigenvalue weighted by atomic mass is 9.95. The monoisotopic (exact) mass is 189 g/mol. The molecule has 0 aromatic heterocycles. The van der Waals surface area contributed by atoms with Crippen LogP contribution in [0.3, 0.4) is 0 Å². The first-order valence-corrected chi connectivity index (χ1v) is 4.13. The molecule has 0 aliphatic rings. The molecule has 76 valence electrons. The maximum absolute atomic E-state index is 10.4. The van der Waals surface area contributed by atoms with Gasteiger partial charge >= 0.3 is 5.97 Å². The standard InChI is InChI=1S/C8H15NO4/c1-6(2)3-7(4-8(10)11)5-9(12)13/h5-7H,3-4H2,1-2H3,(H,10,11)(H,12,13)/t7-/m0/s1. The molecule has 5 nitrogen and oxygen atoms in total. The van der Waals surface area contributed by atoms with E-state index in [4.69, 9.17) is 10.3 Å². The predicted octanol–water partition coefficient (Wildman–Crippen LogP) is 1.09. The Hall–Kier alpha value is -1.26. The van der Waals surface area contributed by atoms with Crippen molar-refractivity contribution in [2.24, 2.45) is 11.8 Å². The molecule has 13 heavy (non-hydrogen) atoms. The van der Waals surface area contributed by atoms with Crippen molar-refractivity contribution in [2.75, 3.05) is 0 Å². The molecule has 0 unspecified atom stereocenters. The van der Waals surface area contributed by atoms with E-state index in [1.807, 2.05) is 13.8 Å². The number of nitrogens with zero attached hydrogens (tertiary/aromatic N) is 1. The molecule has 0 spiro atoms. The molecule has 2 N–H and O–H groups in total. The molecule has 0 heterocycles. The smallest absolute Gasteiger partial charge is 0.304 e. The van der Waals surface area contributed by atoms with Crippen molar-refractivity contribution >= 4 is 12.2 Å². The zero-order chi connectivity index (χ0) is 10.4. The van der Waals surface area contributed by atoms with Crippen molar-refractivity contribution in [1.29, 1.82) is 0 Å². The number of carboxylic acids is 1. The third kappa shape index (κ3) is 7.11. The highest BCUT2D eigenvalue weighted by Crippen LogP contribution is 2.13. The van der Waals surface area contributed by atoms with Crippen molar-refractivity contribution < 1.29 is 20.0 Å². The lowest BCUT2D eigenvalue weighted by Crippen LogP contribution is -2.16. The number of carbonyl (C=O) groups is 1. The first-order chi connectivity index (χ1) is 5.91. The second kappa shape index (κ2) is 5.40. The zero-order valence-corrected chi connectivity index (χ0v) is 7.80. The Labute approximate surface area is 76.9 Å². The highest BCUT2D eigenvalue weighted by molar-refractivity contribution is 5.72. The van der Waals surface area contributed by atoms with E-state index in [1.165, 1.54) is 0 Å². The Bertz CT molecular complexity index is 196. The molecular weight excluding hydrogens is 174 g/mol. The van der Waals surface area contributed by atoms with Gasteiger partial charge in [-0.2, -0.15) is 0 Å². The van der Waals surface area contributed by atoms with Crippen LogP contribution in [-0.2, 0) is 4.79 Å². The number of rotatable bonds is 5. The van der Waals surface area contributed by atoms with Gasteiger partial charge in [0.05, 0.1) is 12.3 Å². The highest BCUT2D eigenvalue weighted by Gasteiger charge is 2.16. The van der Waals surface area contributed by atoms with Crippen LogP contribution in [0.25, 0.3) is 0 Å². The fraction of sp³-hybridized carbons (Fsp3) is 0.750. The summed E-state index contributed by atoms with van der Waals surface area (Å²) in [4.78, 5) is 10.0. The average molecular weight is 189 g/mol. The fourth-order valence-electron chi connectivity index (χ4n) is 1.21. The van der Waals surface area contributed by atoms with Crippen molar-refractivity contribution in [3.05, 3.63) is 5.21 Å². The minimum absolute atomic E-state index is 0.127. The molecular formula is C8H15NO4. The van der Waals surface area contributed by atoms with Gasteiger partial charge in [-0.15, -0.1) is 0 Å². The average Bonchev–Trinajstić information content (AvgIpc) is 1.80. The molecule has 0 amide bonds. The van der Waals surface area contributed by atoms with E-state index in [1.54, 1.807) is 0 Å². The summed E-state index contributed by atoms with van der Waals surface area (Å²) in [7, 11) is 0. The van der Waals surface area contributed by atoms with Crippen LogP contribution in [0, 0.1) is 17.0 Å². The Morgan fingerprint density at radius 2 is 2.15 bits per heavy atom. The van der Waals surface area contributed by atoms with Gasteiger partial charge in [-0.1, -0.05) is 13.8 Å². The van der Waals surface area contributed by atoms with Crippen LogP contribution in [0.5, 0.6) is 0 Å². The van der Waals surface area contributed by atoms with Gasteiger partial charge in [0.2, 0.25) is 6.21 Å². The van der Waals surface area contributed by atoms with Crippen molar-refractivity contribution in [1.82, 2.24) is 0 Å². The number of hydrogen-bond donors (Lipinski definition) is 2. The van der Waals surface area contributed by atoms with Crippen LogP contribution in [0.4, 0.5) is 0 Å². The van der Waals surface area contributed by atoms with E-state index >= 15 is 0 Å². The molecule has 0 rings (SSSR count). The first-order valence-electron chi connectivity index (χ1n) is 4.13. The molecule has 5 heteroatoms. The first kappa shape index (κ1) is 11.7. The van der Waals surface area contributed by atoms with Crippen molar-refractivity contribution in [3.8, 4) is 0 Å². The maximum Gasteiger partial charge on any atom is 0.304 e. The molecule has 0 saturated heterocycles. The second-order valence-electron chi connectivity index (χ2n) is 3.44. The van der Waals surface area contributed by atoms with Gasteiger partial charge in [-0.3, -0.25) is 10.0 Å². The van der Waals surface area contributed by atoms with Crippen LogP contribution in [-0.4, -0.2) is 27.4 Å². The summed E-state index contributed by atoms with van der Waals surface area (Å²) in [6.45, 7) is 3.85.